The number of sulfonamides is 1. The van der Waals surface area contributed by atoms with Crippen LogP contribution in [-0.2, 0) is 14.8 Å². The second kappa shape index (κ2) is 7.97. The van der Waals surface area contributed by atoms with E-state index in [1.54, 1.807) is 0 Å². The molecule has 0 radical (unpaired) electrons. The average molecular weight is 405 g/mol. The van der Waals surface area contributed by atoms with Crippen LogP contribution < -0.4 is 15.4 Å². The largest absolute Gasteiger partial charge is 0.352 e. The van der Waals surface area contributed by atoms with E-state index >= 15 is 0 Å². The molecule has 0 aromatic heterocycles. The van der Waals surface area contributed by atoms with Gasteiger partial charge >= 0.3 is 0 Å². The first-order chi connectivity index (χ1) is 13.2. The molecule has 3 rings (SSSR count). The third kappa shape index (κ3) is 5.07. The van der Waals surface area contributed by atoms with Gasteiger partial charge in [0.15, 0.2) is 0 Å². The zero-order valence-corrected chi connectivity index (χ0v) is 16.0. The zero-order valence-electron chi connectivity index (χ0n) is 15.2. The molecule has 1 aliphatic carbocycles. The second-order valence-electron chi connectivity index (χ2n) is 6.62. The van der Waals surface area contributed by atoms with E-state index in [4.69, 9.17) is 0 Å². The summed E-state index contributed by atoms with van der Waals surface area (Å²) in [5, 5.41) is 5.24. The van der Waals surface area contributed by atoms with Gasteiger partial charge in [0, 0.05) is 17.3 Å². The first kappa shape index (κ1) is 19.8. The standard InChI is InChI=1S/C19H20FN3O4S/c1-12-5-8-16(10-17(12)20)28(26,27)23-15-4-2-3-13(9-15)19(25)21-11-18(24)22-14-6-7-14/h2-5,8-10,14,23H,6-7,11H2,1H3,(H,21,25)(H,22,24). The molecule has 3 N–H and O–H groups in total. The van der Waals surface area contributed by atoms with Crippen molar-refractivity contribution in [3.63, 3.8) is 0 Å². The third-order valence-corrected chi connectivity index (χ3v) is 5.56. The van der Waals surface area contributed by atoms with Crippen molar-refractivity contribution in [2.24, 2.45) is 0 Å². The maximum absolute atomic E-state index is 13.7. The van der Waals surface area contributed by atoms with Crippen LogP contribution in [0.2, 0.25) is 0 Å². The van der Waals surface area contributed by atoms with E-state index in [2.05, 4.69) is 15.4 Å². The van der Waals surface area contributed by atoms with Crippen LogP contribution in [0.15, 0.2) is 47.4 Å². The molecule has 28 heavy (non-hydrogen) atoms. The summed E-state index contributed by atoms with van der Waals surface area (Å²) < 4.78 is 40.9. The fourth-order valence-electron chi connectivity index (χ4n) is 2.45. The van der Waals surface area contributed by atoms with Crippen molar-refractivity contribution in [3.8, 4) is 0 Å². The maximum Gasteiger partial charge on any atom is 0.261 e. The van der Waals surface area contributed by atoms with E-state index in [1.807, 2.05) is 0 Å². The summed E-state index contributed by atoms with van der Waals surface area (Å²) in [6, 6.07) is 9.64. The minimum absolute atomic E-state index is 0.149. The lowest BCUT2D eigenvalue weighted by Crippen LogP contribution is -2.37. The summed E-state index contributed by atoms with van der Waals surface area (Å²) >= 11 is 0. The molecular formula is C19H20FN3O4S. The molecule has 2 aromatic carbocycles. The smallest absolute Gasteiger partial charge is 0.261 e. The van der Waals surface area contributed by atoms with E-state index in [-0.39, 0.29) is 34.6 Å². The highest BCUT2D eigenvalue weighted by Crippen LogP contribution is 2.20. The summed E-state index contributed by atoms with van der Waals surface area (Å²) in [6.45, 7) is 1.38. The van der Waals surface area contributed by atoms with Crippen molar-refractivity contribution < 1.29 is 22.4 Å². The van der Waals surface area contributed by atoms with Crippen LogP contribution in [-0.4, -0.2) is 32.8 Å². The molecule has 0 bridgehead atoms. The monoisotopic (exact) mass is 405 g/mol. The zero-order chi connectivity index (χ0) is 20.3. The lowest BCUT2D eigenvalue weighted by atomic mass is 10.2. The van der Waals surface area contributed by atoms with Crippen LogP contribution in [0.3, 0.4) is 0 Å². The Morgan fingerprint density at radius 2 is 1.89 bits per heavy atom. The summed E-state index contributed by atoms with van der Waals surface area (Å²) in [7, 11) is -4.01. The van der Waals surface area contributed by atoms with Gasteiger partial charge in [-0.15, -0.1) is 0 Å². The highest BCUT2D eigenvalue weighted by atomic mass is 32.2. The minimum Gasteiger partial charge on any atom is -0.352 e. The highest BCUT2D eigenvalue weighted by molar-refractivity contribution is 7.92. The summed E-state index contributed by atoms with van der Waals surface area (Å²) in [4.78, 5) is 23.6. The Bertz CT molecular complexity index is 1020. The molecule has 1 saturated carbocycles. The van der Waals surface area contributed by atoms with Crippen molar-refractivity contribution in [1.82, 2.24) is 10.6 Å². The van der Waals surface area contributed by atoms with Crippen molar-refractivity contribution in [1.29, 1.82) is 0 Å². The molecule has 9 heteroatoms. The summed E-state index contributed by atoms with van der Waals surface area (Å²) in [5.41, 5.74) is 0.675. The maximum atomic E-state index is 13.7. The number of benzene rings is 2. The van der Waals surface area contributed by atoms with Crippen LogP contribution in [0, 0.1) is 12.7 Å². The molecular weight excluding hydrogens is 385 g/mol. The SMILES string of the molecule is Cc1ccc(S(=O)(=O)Nc2cccc(C(=O)NCC(=O)NC3CC3)c2)cc1F. The van der Waals surface area contributed by atoms with Crippen LogP contribution in [0.25, 0.3) is 0 Å². The number of carbonyl (C=O) groups excluding carboxylic acids is 2. The van der Waals surface area contributed by atoms with Crippen molar-refractivity contribution in [2.45, 2.75) is 30.7 Å². The topological polar surface area (TPSA) is 104 Å². The van der Waals surface area contributed by atoms with E-state index < -0.39 is 21.7 Å². The minimum atomic E-state index is -4.01. The van der Waals surface area contributed by atoms with Gasteiger partial charge in [-0.1, -0.05) is 12.1 Å². The predicted molar refractivity (Wildman–Crippen MR) is 102 cm³/mol. The lowest BCUT2D eigenvalue weighted by molar-refractivity contribution is -0.120. The van der Waals surface area contributed by atoms with Crippen LogP contribution in [0.5, 0.6) is 0 Å². The van der Waals surface area contributed by atoms with Gasteiger partial charge in [0.05, 0.1) is 11.4 Å². The van der Waals surface area contributed by atoms with Gasteiger partial charge in [-0.3, -0.25) is 14.3 Å². The van der Waals surface area contributed by atoms with E-state index in [9.17, 15) is 22.4 Å². The van der Waals surface area contributed by atoms with Gasteiger partial charge < -0.3 is 10.6 Å². The first-order valence-corrected chi connectivity index (χ1v) is 10.2. The number of rotatable bonds is 7. The van der Waals surface area contributed by atoms with Crippen molar-refractivity contribution in [3.05, 3.63) is 59.4 Å². The molecule has 0 aliphatic heterocycles. The Balaban J connectivity index is 1.67. The quantitative estimate of drug-likeness (QED) is 0.655. The molecule has 2 aromatic rings. The molecule has 0 heterocycles. The Kier molecular flexibility index (Phi) is 5.64. The van der Waals surface area contributed by atoms with Gasteiger partial charge in [0.25, 0.3) is 15.9 Å². The highest BCUT2D eigenvalue weighted by Gasteiger charge is 2.23. The van der Waals surface area contributed by atoms with E-state index in [0.29, 0.717) is 5.56 Å². The number of halogens is 1. The van der Waals surface area contributed by atoms with Crippen LogP contribution in [0.4, 0.5) is 10.1 Å². The number of aryl methyl sites for hydroxylation is 1. The van der Waals surface area contributed by atoms with Gasteiger partial charge in [-0.2, -0.15) is 0 Å². The number of hydrogen-bond donors (Lipinski definition) is 3. The number of nitrogens with one attached hydrogen (secondary N) is 3. The number of carbonyl (C=O) groups is 2. The van der Waals surface area contributed by atoms with Gasteiger partial charge in [-0.05, 0) is 55.7 Å². The summed E-state index contributed by atoms with van der Waals surface area (Å²) in [6.07, 6.45) is 1.90. The van der Waals surface area contributed by atoms with E-state index in [0.717, 1.165) is 18.9 Å². The molecule has 2 amide bonds. The Labute approximate surface area is 162 Å². The number of anilines is 1. The summed E-state index contributed by atoms with van der Waals surface area (Å²) in [5.74, 6) is -1.40. The first-order valence-electron chi connectivity index (χ1n) is 8.71. The van der Waals surface area contributed by atoms with Crippen molar-refractivity contribution in [2.75, 3.05) is 11.3 Å². The van der Waals surface area contributed by atoms with Gasteiger partial charge in [-0.25, -0.2) is 12.8 Å². The van der Waals surface area contributed by atoms with Crippen molar-refractivity contribution >= 4 is 27.5 Å². The van der Waals surface area contributed by atoms with Crippen LogP contribution in [0.1, 0.15) is 28.8 Å². The average Bonchev–Trinajstić information content (AvgIpc) is 3.45. The molecule has 0 saturated heterocycles. The molecule has 7 nitrogen and oxygen atoms in total. The Morgan fingerprint density at radius 3 is 2.57 bits per heavy atom. The Morgan fingerprint density at radius 1 is 1.14 bits per heavy atom. The molecule has 148 valence electrons. The second-order valence-corrected chi connectivity index (χ2v) is 8.30. The van der Waals surface area contributed by atoms with Gasteiger partial charge in [0.1, 0.15) is 5.82 Å². The fourth-order valence-corrected chi connectivity index (χ4v) is 3.51. The fraction of sp³-hybridized carbons (Fsp3) is 0.263. The Hall–Kier alpha value is -2.94. The predicted octanol–water partition coefficient (Wildman–Crippen LogP) is 1.94. The van der Waals surface area contributed by atoms with E-state index in [1.165, 1.54) is 43.3 Å². The lowest BCUT2D eigenvalue weighted by Gasteiger charge is -2.10. The number of amides is 2. The molecule has 0 spiro atoms. The molecule has 1 aliphatic rings. The number of hydrogen-bond acceptors (Lipinski definition) is 4. The van der Waals surface area contributed by atoms with Gasteiger partial charge in [0.2, 0.25) is 5.91 Å². The third-order valence-electron chi connectivity index (χ3n) is 4.18. The molecule has 0 unspecified atom stereocenters. The molecule has 1 fully saturated rings. The normalized spacial score (nSPS) is 13.6. The molecule has 0 atom stereocenters. The van der Waals surface area contributed by atoms with Crippen LogP contribution >= 0.6 is 0 Å².